The van der Waals surface area contributed by atoms with Crippen molar-refractivity contribution in [2.24, 2.45) is 0 Å². The molecule has 0 atom stereocenters. The van der Waals surface area contributed by atoms with E-state index in [-0.39, 0.29) is 5.82 Å². The first-order valence-corrected chi connectivity index (χ1v) is 5.76. The van der Waals surface area contributed by atoms with Gasteiger partial charge in [0, 0.05) is 11.8 Å². The molecular weight excluding hydrogens is 245 g/mol. The summed E-state index contributed by atoms with van der Waals surface area (Å²) in [5.74, 6) is 0.948. The number of hydrogen-bond acceptors (Lipinski definition) is 3. The molecule has 0 saturated heterocycles. The number of nitrogens with zero attached hydrogens (tertiary/aromatic N) is 1. The SMILES string of the molecule is COc1cc(N)ccc1-c1nc2ccc(F)cc2[nH]1. The van der Waals surface area contributed by atoms with E-state index in [1.165, 1.54) is 12.1 Å². The zero-order valence-corrected chi connectivity index (χ0v) is 10.3. The molecule has 0 amide bonds. The van der Waals surface area contributed by atoms with Crippen LogP contribution in [0.4, 0.5) is 10.1 Å². The van der Waals surface area contributed by atoms with Crippen molar-refractivity contribution in [1.82, 2.24) is 9.97 Å². The van der Waals surface area contributed by atoms with Gasteiger partial charge in [0.15, 0.2) is 0 Å². The van der Waals surface area contributed by atoms with Crippen molar-refractivity contribution in [2.45, 2.75) is 0 Å². The van der Waals surface area contributed by atoms with Gasteiger partial charge in [-0.25, -0.2) is 9.37 Å². The third-order valence-corrected chi connectivity index (χ3v) is 2.92. The number of aromatic amines is 1. The van der Waals surface area contributed by atoms with Crippen LogP contribution in [-0.2, 0) is 0 Å². The fourth-order valence-corrected chi connectivity index (χ4v) is 2.01. The van der Waals surface area contributed by atoms with Crippen LogP contribution >= 0.6 is 0 Å². The number of methoxy groups -OCH3 is 1. The highest BCUT2D eigenvalue weighted by molar-refractivity contribution is 5.81. The highest BCUT2D eigenvalue weighted by Gasteiger charge is 2.11. The third-order valence-electron chi connectivity index (χ3n) is 2.92. The van der Waals surface area contributed by atoms with E-state index in [2.05, 4.69) is 9.97 Å². The number of halogens is 1. The lowest BCUT2D eigenvalue weighted by Gasteiger charge is -2.06. The first kappa shape index (κ1) is 11.5. The Bertz CT molecular complexity index is 752. The Morgan fingerprint density at radius 2 is 2.05 bits per heavy atom. The summed E-state index contributed by atoms with van der Waals surface area (Å²) in [6.07, 6.45) is 0. The molecule has 0 radical (unpaired) electrons. The van der Waals surface area contributed by atoms with Crippen LogP contribution in [0.25, 0.3) is 22.4 Å². The molecule has 3 rings (SSSR count). The summed E-state index contributed by atoms with van der Waals surface area (Å²) in [5, 5.41) is 0. The lowest BCUT2D eigenvalue weighted by Crippen LogP contribution is -1.92. The molecule has 4 nitrogen and oxygen atoms in total. The molecule has 0 saturated carbocycles. The molecule has 0 unspecified atom stereocenters. The van der Waals surface area contributed by atoms with Gasteiger partial charge < -0.3 is 15.5 Å². The van der Waals surface area contributed by atoms with Crippen LogP contribution in [0.3, 0.4) is 0 Å². The molecule has 0 aliphatic carbocycles. The lowest BCUT2D eigenvalue weighted by atomic mass is 10.1. The molecule has 19 heavy (non-hydrogen) atoms. The second-order valence-corrected chi connectivity index (χ2v) is 4.21. The van der Waals surface area contributed by atoms with Crippen LogP contribution < -0.4 is 10.5 Å². The third kappa shape index (κ3) is 1.99. The van der Waals surface area contributed by atoms with E-state index in [1.54, 1.807) is 25.3 Å². The maximum absolute atomic E-state index is 13.2. The molecule has 0 aliphatic heterocycles. The first-order chi connectivity index (χ1) is 9.17. The van der Waals surface area contributed by atoms with Crippen molar-refractivity contribution in [1.29, 1.82) is 0 Å². The molecule has 1 heterocycles. The van der Waals surface area contributed by atoms with Gasteiger partial charge >= 0.3 is 0 Å². The predicted octanol–water partition coefficient (Wildman–Crippen LogP) is 2.96. The number of nitrogens with two attached hydrogens (primary N) is 1. The lowest BCUT2D eigenvalue weighted by molar-refractivity contribution is 0.416. The summed E-state index contributed by atoms with van der Waals surface area (Å²) in [7, 11) is 1.57. The Balaban J connectivity index is 2.18. The Morgan fingerprint density at radius 1 is 1.21 bits per heavy atom. The maximum atomic E-state index is 13.2. The number of H-pyrrole nitrogens is 1. The number of ether oxygens (including phenoxy) is 1. The van der Waals surface area contributed by atoms with Gasteiger partial charge in [0.2, 0.25) is 0 Å². The summed E-state index contributed by atoms with van der Waals surface area (Å²) >= 11 is 0. The minimum absolute atomic E-state index is 0.299. The van der Waals surface area contributed by atoms with E-state index in [0.29, 0.717) is 28.3 Å². The summed E-state index contributed by atoms with van der Waals surface area (Å²) in [6, 6.07) is 9.74. The highest BCUT2D eigenvalue weighted by atomic mass is 19.1. The van der Waals surface area contributed by atoms with Gasteiger partial charge in [-0.1, -0.05) is 0 Å². The van der Waals surface area contributed by atoms with Gasteiger partial charge in [-0.15, -0.1) is 0 Å². The molecule has 1 aromatic heterocycles. The standard InChI is InChI=1S/C14H12FN3O/c1-19-13-7-9(16)3-4-10(13)14-17-11-5-2-8(15)6-12(11)18-14/h2-7H,16H2,1H3,(H,17,18). The normalized spacial score (nSPS) is 10.8. The van der Waals surface area contributed by atoms with Crippen LogP contribution in [0.1, 0.15) is 0 Å². The van der Waals surface area contributed by atoms with Crippen LogP contribution in [-0.4, -0.2) is 17.1 Å². The van der Waals surface area contributed by atoms with Crippen molar-refractivity contribution in [2.75, 3.05) is 12.8 Å². The number of nitrogen functional groups attached to an aromatic ring is 1. The van der Waals surface area contributed by atoms with E-state index in [9.17, 15) is 4.39 Å². The average molecular weight is 257 g/mol. The van der Waals surface area contributed by atoms with Gasteiger partial charge in [-0.2, -0.15) is 0 Å². The summed E-state index contributed by atoms with van der Waals surface area (Å²) in [4.78, 5) is 7.49. The van der Waals surface area contributed by atoms with Crippen molar-refractivity contribution >= 4 is 16.7 Å². The van der Waals surface area contributed by atoms with Crippen LogP contribution in [0.15, 0.2) is 36.4 Å². The summed E-state index contributed by atoms with van der Waals surface area (Å²) < 4.78 is 18.4. The van der Waals surface area contributed by atoms with Crippen LogP contribution in [0.5, 0.6) is 5.75 Å². The van der Waals surface area contributed by atoms with E-state index in [1.807, 2.05) is 6.07 Å². The Labute approximate surface area is 109 Å². The second kappa shape index (κ2) is 4.28. The number of fused-ring (bicyclic) bond motifs is 1. The van der Waals surface area contributed by atoms with E-state index >= 15 is 0 Å². The van der Waals surface area contributed by atoms with Crippen molar-refractivity contribution < 1.29 is 9.13 Å². The zero-order valence-electron chi connectivity index (χ0n) is 10.3. The van der Waals surface area contributed by atoms with E-state index < -0.39 is 0 Å². The van der Waals surface area contributed by atoms with Gasteiger partial charge in [-0.3, -0.25) is 0 Å². The number of rotatable bonds is 2. The fourth-order valence-electron chi connectivity index (χ4n) is 2.01. The predicted molar refractivity (Wildman–Crippen MR) is 72.5 cm³/mol. The minimum Gasteiger partial charge on any atom is -0.496 e. The molecule has 0 bridgehead atoms. The van der Waals surface area contributed by atoms with Crippen molar-refractivity contribution in [3.63, 3.8) is 0 Å². The first-order valence-electron chi connectivity index (χ1n) is 5.76. The monoisotopic (exact) mass is 257 g/mol. The van der Waals surface area contributed by atoms with Crippen molar-refractivity contribution in [3.8, 4) is 17.1 Å². The molecule has 3 aromatic rings. The van der Waals surface area contributed by atoms with Gasteiger partial charge in [0.05, 0.1) is 23.7 Å². The maximum Gasteiger partial charge on any atom is 0.142 e. The average Bonchev–Trinajstić information content (AvgIpc) is 2.81. The topological polar surface area (TPSA) is 63.9 Å². The molecule has 3 N–H and O–H groups in total. The van der Waals surface area contributed by atoms with Gasteiger partial charge in [-0.05, 0) is 30.3 Å². The summed E-state index contributed by atoms with van der Waals surface area (Å²) in [6.45, 7) is 0. The fraction of sp³-hybridized carbons (Fsp3) is 0.0714. The van der Waals surface area contributed by atoms with Crippen LogP contribution in [0, 0.1) is 5.82 Å². The summed E-state index contributed by atoms with van der Waals surface area (Å²) in [5.41, 5.74) is 8.47. The number of imidazole rings is 1. The number of benzene rings is 2. The molecule has 0 spiro atoms. The number of anilines is 1. The van der Waals surface area contributed by atoms with E-state index in [4.69, 9.17) is 10.5 Å². The number of aromatic nitrogens is 2. The Hall–Kier alpha value is -2.56. The quantitative estimate of drug-likeness (QED) is 0.694. The van der Waals surface area contributed by atoms with Gasteiger partial charge in [0.1, 0.15) is 17.4 Å². The molecule has 5 heteroatoms. The highest BCUT2D eigenvalue weighted by Crippen LogP contribution is 2.31. The van der Waals surface area contributed by atoms with Gasteiger partial charge in [0.25, 0.3) is 0 Å². The number of hydrogen-bond donors (Lipinski definition) is 2. The van der Waals surface area contributed by atoms with Crippen LogP contribution in [0.2, 0.25) is 0 Å². The molecule has 96 valence electrons. The minimum atomic E-state index is -0.299. The molecular formula is C14H12FN3O. The second-order valence-electron chi connectivity index (χ2n) is 4.21. The Morgan fingerprint density at radius 3 is 2.84 bits per heavy atom. The van der Waals surface area contributed by atoms with Crippen molar-refractivity contribution in [3.05, 3.63) is 42.2 Å². The smallest absolute Gasteiger partial charge is 0.142 e. The Kier molecular flexibility index (Phi) is 2.59. The molecule has 0 aliphatic rings. The number of nitrogens with one attached hydrogen (secondary N) is 1. The van der Waals surface area contributed by atoms with E-state index in [0.717, 1.165) is 5.56 Å². The molecule has 0 fully saturated rings. The molecule has 2 aromatic carbocycles. The zero-order chi connectivity index (χ0) is 13.4. The largest absolute Gasteiger partial charge is 0.496 e.